The van der Waals surface area contributed by atoms with E-state index in [-0.39, 0.29) is 18.2 Å². The number of ether oxygens (including phenoxy) is 2. The van der Waals surface area contributed by atoms with Crippen molar-refractivity contribution in [2.45, 2.75) is 19.6 Å². The molecule has 0 aliphatic rings. The van der Waals surface area contributed by atoms with Gasteiger partial charge in [0.15, 0.2) is 11.5 Å². The molecule has 160 valence electrons. The van der Waals surface area contributed by atoms with E-state index in [4.69, 9.17) is 21.1 Å². The third-order valence-corrected chi connectivity index (χ3v) is 5.26. The Bertz CT molecular complexity index is 937. The SMILES string of the molecule is COc1cc(CNCCc2ccc(F)cc2)cc(Br)c1OCc1ccc(Cl)cc1.Cl. The van der Waals surface area contributed by atoms with E-state index in [0.29, 0.717) is 29.7 Å². The second kappa shape index (κ2) is 12.2. The van der Waals surface area contributed by atoms with E-state index in [1.807, 2.05) is 48.5 Å². The lowest BCUT2D eigenvalue weighted by atomic mass is 10.1. The van der Waals surface area contributed by atoms with Crippen molar-refractivity contribution in [3.63, 3.8) is 0 Å². The summed E-state index contributed by atoms with van der Waals surface area (Å²) in [5.41, 5.74) is 3.20. The standard InChI is InChI=1S/C23H22BrClFNO2.ClH/c1-28-22-13-18(14-27-11-10-16-4-8-20(26)9-5-16)12-21(24)23(22)29-15-17-2-6-19(25)7-3-17;/h2-9,12-13,27H,10-11,14-15H2,1H3;1H. The van der Waals surface area contributed by atoms with Gasteiger partial charge in [0.1, 0.15) is 12.4 Å². The van der Waals surface area contributed by atoms with Crippen molar-refractivity contribution >= 4 is 39.9 Å². The first kappa shape index (κ1) is 24.5. The Kier molecular flexibility index (Phi) is 9.92. The molecule has 0 saturated carbocycles. The second-order valence-electron chi connectivity index (χ2n) is 6.58. The first-order valence-corrected chi connectivity index (χ1v) is 10.4. The number of hydrogen-bond acceptors (Lipinski definition) is 3. The average Bonchev–Trinajstić information content (AvgIpc) is 2.72. The molecule has 3 aromatic carbocycles. The van der Waals surface area contributed by atoms with Crippen molar-refractivity contribution in [1.29, 1.82) is 0 Å². The van der Waals surface area contributed by atoms with Crippen molar-refractivity contribution < 1.29 is 13.9 Å². The van der Waals surface area contributed by atoms with Crippen molar-refractivity contribution in [3.8, 4) is 11.5 Å². The molecule has 0 radical (unpaired) electrons. The molecule has 0 aliphatic heterocycles. The molecule has 0 amide bonds. The Morgan fingerprint density at radius 1 is 0.967 bits per heavy atom. The van der Waals surface area contributed by atoms with Crippen LogP contribution in [0.4, 0.5) is 4.39 Å². The van der Waals surface area contributed by atoms with Crippen LogP contribution in [0.1, 0.15) is 16.7 Å². The van der Waals surface area contributed by atoms with Crippen LogP contribution in [-0.2, 0) is 19.6 Å². The third kappa shape index (κ3) is 7.17. The molecule has 0 fully saturated rings. The summed E-state index contributed by atoms with van der Waals surface area (Å²) < 4.78 is 25.3. The molecular formula is C23H23BrCl2FNO2. The third-order valence-electron chi connectivity index (χ3n) is 4.42. The normalized spacial score (nSPS) is 10.4. The Hall–Kier alpha value is -1.79. The summed E-state index contributed by atoms with van der Waals surface area (Å²) in [6.45, 7) is 1.90. The van der Waals surface area contributed by atoms with Crippen LogP contribution < -0.4 is 14.8 Å². The van der Waals surface area contributed by atoms with Gasteiger partial charge >= 0.3 is 0 Å². The number of methoxy groups -OCH3 is 1. The number of benzene rings is 3. The average molecular weight is 515 g/mol. The van der Waals surface area contributed by atoms with Crippen molar-refractivity contribution in [2.75, 3.05) is 13.7 Å². The Morgan fingerprint density at radius 2 is 1.63 bits per heavy atom. The first-order chi connectivity index (χ1) is 14.0. The van der Waals surface area contributed by atoms with E-state index in [1.165, 1.54) is 12.1 Å². The fourth-order valence-electron chi connectivity index (χ4n) is 2.87. The minimum absolute atomic E-state index is 0. The van der Waals surface area contributed by atoms with E-state index in [2.05, 4.69) is 21.2 Å². The molecule has 0 bridgehead atoms. The summed E-state index contributed by atoms with van der Waals surface area (Å²) in [7, 11) is 1.63. The highest BCUT2D eigenvalue weighted by atomic mass is 79.9. The summed E-state index contributed by atoms with van der Waals surface area (Å²) in [6, 6.07) is 18.1. The highest BCUT2D eigenvalue weighted by Crippen LogP contribution is 2.37. The summed E-state index contributed by atoms with van der Waals surface area (Å²) in [5, 5.41) is 4.10. The summed E-state index contributed by atoms with van der Waals surface area (Å²) in [5.74, 6) is 1.12. The Morgan fingerprint density at radius 3 is 2.30 bits per heavy atom. The molecular weight excluding hydrogens is 492 g/mol. The molecule has 0 atom stereocenters. The van der Waals surface area contributed by atoms with E-state index in [9.17, 15) is 4.39 Å². The van der Waals surface area contributed by atoms with Gasteiger partial charge < -0.3 is 14.8 Å². The van der Waals surface area contributed by atoms with Crippen LogP contribution in [0.5, 0.6) is 11.5 Å². The van der Waals surface area contributed by atoms with Gasteiger partial charge in [-0.3, -0.25) is 0 Å². The van der Waals surface area contributed by atoms with E-state index in [1.54, 1.807) is 7.11 Å². The van der Waals surface area contributed by atoms with Gasteiger partial charge in [-0.05, 0) is 82.0 Å². The predicted molar refractivity (Wildman–Crippen MR) is 126 cm³/mol. The zero-order valence-corrected chi connectivity index (χ0v) is 19.6. The molecule has 0 unspecified atom stereocenters. The van der Waals surface area contributed by atoms with Gasteiger partial charge in [0.2, 0.25) is 0 Å². The highest BCUT2D eigenvalue weighted by molar-refractivity contribution is 9.10. The fourth-order valence-corrected chi connectivity index (χ4v) is 3.60. The van der Waals surface area contributed by atoms with E-state index in [0.717, 1.165) is 34.1 Å². The smallest absolute Gasteiger partial charge is 0.175 e. The molecule has 0 aromatic heterocycles. The molecule has 0 aliphatic carbocycles. The Labute approximate surface area is 196 Å². The maximum atomic E-state index is 13.0. The molecule has 30 heavy (non-hydrogen) atoms. The predicted octanol–water partition coefficient (Wildman–Crippen LogP) is 6.58. The van der Waals surface area contributed by atoms with Gasteiger partial charge in [0.05, 0.1) is 11.6 Å². The fraction of sp³-hybridized carbons (Fsp3) is 0.217. The van der Waals surface area contributed by atoms with Gasteiger partial charge in [0.25, 0.3) is 0 Å². The zero-order chi connectivity index (χ0) is 20.6. The van der Waals surface area contributed by atoms with Gasteiger partial charge in [-0.15, -0.1) is 12.4 Å². The molecule has 0 heterocycles. The van der Waals surface area contributed by atoms with Gasteiger partial charge in [-0.1, -0.05) is 35.9 Å². The van der Waals surface area contributed by atoms with Crippen molar-refractivity contribution in [2.24, 2.45) is 0 Å². The number of halogens is 4. The van der Waals surface area contributed by atoms with Crippen LogP contribution in [0.25, 0.3) is 0 Å². The lowest BCUT2D eigenvalue weighted by Gasteiger charge is -2.15. The quantitative estimate of drug-likeness (QED) is 0.327. The van der Waals surface area contributed by atoms with Crippen LogP contribution >= 0.6 is 39.9 Å². The lowest BCUT2D eigenvalue weighted by Crippen LogP contribution is -2.16. The minimum atomic E-state index is -0.211. The first-order valence-electron chi connectivity index (χ1n) is 9.24. The molecule has 7 heteroatoms. The second-order valence-corrected chi connectivity index (χ2v) is 7.87. The van der Waals surface area contributed by atoms with Crippen molar-refractivity contribution in [3.05, 3.63) is 92.7 Å². The topological polar surface area (TPSA) is 30.5 Å². The monoisotopic (exact) mass is 513 g/mol. The highest BCUT2D eigenvalue weighted by Gasteiger charge is 2.12. The largest absolute Gasteiger partial charge is 0.493 e. The Balaban J connectivity index is 0.00000320. The van der Waals surface area contributed by atoms with Crippen LogP contribution in [0.2, 0.25) is 5.02 Å². The molecule has 1 N–H and O–H groups in total. The molecule has 0 saturated heterocycles. The van der Waals surface area contributed by atoms with Gasteiger partial charge in [-0.2, -0.15) is 0 Å². The summed E-state index contributed by atoms with van der Waals surface area (Å²) in [6.07, 6.45) is 0.834. The lowest BCUT2D eigenvalue weighted by molar-refractivity contribution is 0.282. The summed E-state index contributed by atoms with van der Waals surface area (Å²) in [4.78, 5) is 0. The van der Waals surface area contributed by atoms with Crippen LogP contribution in [-0.4, -0.2) is 13.7 Å². The summed E-state index contributed by atoms with van der Waals surface area (Å²) >= 11 is 9.51. The minimum Gasteiger partial charge on any atom is -0.493 e. The van der Waals surface area contributed by atoms with E-state index < -0.39 is 0 Å². The zero-order valence-electron chi connectivity index (χ0n) is 16.5. The maximum Gasteiger partial charge on any atom is 0.175 e. The molecule has 3 rings (SSSR count). The van der Waals surface area contributed by atoms with Crippen LogP contribution in [0.15, 0.2) is 65.1 Å². The number of hydrogen-bond donors (Lipinski definition) is 1. The van der Waals surface area contributed by atoms with Crippen molar-refractivity contribution in [1.82, 2.24) is 5.32 Å². The number of nitrogens with one attached hydrogen (secondary N) is 1. The van der Waals surface area contributed by atoms with E-state index >= 15 is 0 Å². The molecule has 0 spiro atoms. The number of rotatable bonds is 9. The van der Waals surface area contributed by atoms with Gasteiger partial charge in [-0.25, -0.2) is 4.39 Å². The van der Waals surface area contributed by atoms with Crippen LogP contribution in [0.3, 0.4) is 0 Å². The molecule has 3 aromatic rings. The maximum absolute atomic E-state index is 13.0. The molecule has 3 nitrogen and oxygen atoms in total. The van der Waals surface area contributed by atoms with Gasteiger partial charge in [0, 0.05) is 11.6 Å². The van der Waals surface area contributed by atoms with Crippen LogP contribution in [0, 0.1) is 5.82 Å².